The summed E-state index contributed by atoms with van der Waals surface area (Å²) < 4.78 is 6.01. The minimum Gasteiger partial charge on any atom is -0.496 e. The summed E-state index contributed by atoms with van der Waals surface area (Å²) in [7, 11) is 1.64. The molecule has 0 saturated heterocycles. The van der Waals surface area contributed by atoms with Gasteiger partial charge in [0.1, 0.15) is 16.2 Å². The predicted octanol–water partition coefficient (Wildman–Crippen LogP) is 2.71. The molecule has 14 heavy (non-hydrogen) atoms. The normalized spacial score (nSPS) is 10.5. The second-order valence-electron chi connectivity index (χ2n) is 2.92. The molecular weight excluding hydrogens is 244 g/mol. The van der Waals surface area contributed by atoms with E-state index in [2.05, 4.69) is 25.9 Å². The molecule has 1 aromatic carbocycles. The zero-order valence-electron chi connectivity index (χ0n) is 7.91. The van der Waals surface area contributed by atoms with Crippen LogP contribution in [0.3, 0.4) is 0 Å². The maximum atomic E-state index is 5.24. The third-order valence-electron chi connectivity index (χ3n) is 1.97. The van der Waals surface area contributed by atoms with Crippen LogP contribution < -0.4 is 4.74 Å². The number of aryl methyl sites for hydroxylation is 1. The summed E-state index contributed by atoms with van der Waals surface area (Å²) in [6, 6.07) is 5.75. The average molecular weight is 253 g/mol. The van der Waals surface area contributed by atoms with Gasteiger partial charge in [0.05, 0.1) is 18.0 Å². The summed E-state index contributed by atoms with van der Waals surface area (Å²) in [4.78, 5) is 8.56. The first kappa shape index (κ1) is 9.40. The molecule has 0 aliphatic carbocycles. The van der Waals surface area contributed by atoms with Crippen LogP contribution in [-0.4, -0.2) is 17.1 Å². The van der Waals surface area contributed by atoms with Gasteiger partial charge in [-0.2, -0.15) is 0 Å². The lowest BCUT2D eigenvalue weighted by molar-refractivity contribution is 0.419. The maximum absolute atomic E-state index is 5.24. The van der Waals surface area contributed by atoms with Gasteiger partial charge in [-0.3, -0.25) is 0 Å². The van der Waals surface area contributed by atoms with Crippen LogP contribution in [0.4, 0.5) is 0 Å². The van der Waals surface area contributed by atoms with E-state index in [9.17, 15) is 0 Å². The van der Waals surface area contributed by atoms with Crippen LogP contribution in [0.2, 0.25) is 0 Å². The van der Waals surface area contributed by atoms with Crippen molar-refractivity contribution < 1.29 is 4.74 Å². The van der Waals surface area contributed by atoms with Gasteiger partial charge in [-0.1, -0.05) is 6.07 Å². The first-order valence-corrected chi connectivity index (χ1v) is 4.98. The number of aromatic nitrogens is 2. The second-order valence-corrected chi connectivity index (χ2v) is 3.67. The van der Waals surface area contributed by atoms with E-state index in [1.807, 2.05) is 25.1 Å². The highest BCUT2D eigenvalue weighted by Crippen LogP contribution is 2.29. The molecule has 0 aliphatic rings. The summed E-state index contributed by atoms with van der Waals surface area (Å²) >= 11 is 3.41. The van der Waals surface area contributed by atoms with Crippen molar-refractivity contribution in [2.75, 3.05) is 7.11 Å². The fourth-order valence-electron chi connectivity index (χ4n) is 1.39. The summed E-state index contributed by atoms with van der Waals surface area (Å²) in [5, 5.41) is 0.917. The largest absolute Gasteiger partial charge is 0.496 e. The highest BCUT2D eigenvalue weighted by Gasteiger charge is 2.07. The Labute approximate surface area is 90.3 Å². The molecule has 0 saturated carbocycles. The summed E-state index contributed by atoms with van der Waals surface area (Å²) in [5.41, 5.74) is 0.892. The van der Waals surface area contributed by atoms with Gasteiger partial charge in [0.15, 0.2) is 0 Å². The molecule has 2 rings (SSSR count). The Kier molecular flexibility index (Phi) is 2.37. The third kappa shape index (κ3) is 1.46. The summed E-state index contributed by atoms with van der Waals surface area (Å²) in [5.74, 6) is 1.53. The van der Waals surface area contributed by atoms with Gasteiger partial charge in [0, 0.05) is 0 Å². The van der Waals surface area contributed by atoms with Gasteiger partial charge < -0.3 is 4.74 Å². The second kappa shape index (κ2) is 3.53. The highest BCUT2D eigenvalue weighted by molar-refractivity contribution is 9.10. The number of benzene rings is 1. The molecular formula is C10H9BrN2O. The minimum atomic E-state index is 0.748. The summed E-state index contributed by atoms with van der Waals surface area (Å²) in [6.45, 7) is 1.86. The first-order valence-electron chi connectivity index (χ1n) is 4.19. The zero-order chi connectivity index (χ0) is 10.1. The van der Waals surface area contributed by atoms with Gasteiger partial charge in [-0.05, 0) is 35.0 Å². The van der Waals surface area contributed by atoms with E-state index in [0.29, 0.717) is 0 Å². The predicted molar refractivity (Wildman–Crippen MR) is 58.5 cm³/mol. The first-order chi connectivity index (χ1) is 6.72. The molecule has 0 amide bonds. The summed E-state index contributed by atoms with van der Waals surface area (Å²) in [6.07, 6.45) is 0. The van der Waals surface area contributed by atoms with Crippen molar-refractivity contribution in [3.63, 3.8) is 0 Å². The molecule has 0 aliphatic heterocycles. The number of hydrogen-bond acceptors (Lipinski definition) is 3. The van der Waals surface area contributed by atoms with Crippen LogP contribution in [0.1, 0.15) is 5.82 Å². The monoisotopic (exact) mass is 252 g/mol. The number of halogens is 1. The number of rotatable bonds is 1. The van der Waals surface area contributed by atoms with Crippen molar-refractivity contribution >= 4 is 26.8 Å². The molecule has 0 spiro atoms. The van der Waals surface area contributed by atoms with Crippen LogP contribution in [-0.2, 0) is 0 Å². The highest BCUT2D eigenvalue weighted by atomic mass is 79.9. The Balaban J connectivity index is 2.87. The number of hydrogen-bond donors (Lipinski definition) is 0. The molecule has 0 bridgehead atoms. The van der Waals surface area contributed by atoms with E-state index >= 15 is 0 Å². The Morgan fingerprint density at radius 3 is 2.79 bits per heavy atom. The molecule has 1 heterocycles. The van der Waals surface area contributed by atoms with E-state index in [1.165, 1.54) is 0 Å². The molecule has 1 aromatic heterocycles. The number of fused-ring (bicyclic) bond motifs is 1. The smallest absolute Gasteiger partial charge is 0.130 e. The van der Waals surface area contributed by atoms with Crippen molar-refractivity contribution in [1.82, 2.24) is 9.97 Å². The standard InChI is InChI=1S/C10H9BrN2O/c1-6-12-7-4-3-5-8(14-2)9(7)10(11)13-6/h3-5H,1-2H3. The molecule has 0 atom stereocenters. The van der Waals surface area contributed by atoms with E-state index in [-0.39, 0.29) is 0 Å². The van der Waals surface area contributed by atoms with Gasteiger partial charge in [-0.25, -0.2) is 9.97 Å². The average Bonchev–Trinajstić information content (AvgIpc) is 2.16. The van der Waals surface area contributed by atoms with E-state index in [1.54, 1.807) is 7.11 Å². The molecule has 0 radical (unpaired) electrons. The fraction of sp³-hybridized carbons (Fsp3) is 0.200. The lowest BCUT2D eigenvalue weighted by Crippen LogP contribution is -1.93. The molecule has 0 unspecified atom stereocenters. The van der Waals surface area contributed by atoms with Crippen LogP contribution in [0, 0.1) is 6.92 Å². The Morgan fingerprint density at radius 2 is 2.07 bits per heavy atom. The van der Waals surface area contributed by atoms with E-state index in [4.69, 9.17) is 4.74 Å². The number of methoxy groups -OCH3 is 1. The van der Waals surface area contributed by atoms with Crippen LogP contribution in [0.15, 0.2) is 22.8 Å². The van der Waals surface area contributed by atoms with E-state index < -0.39 is 0 Å². The lowest BCUT2D eigenvalue weighted by atomic mass is 10.2. The van der Waals surface area contributed by atoms with Crippen LogP contribution >= 0.6 is 15.9 Å². The number of ether oxygens (including phenoxy) is 1. The fourth-order valence-corrected chi connectivity index (χ4v) is 2.04. The lowest BCUT2D eigenvalue weighted by Gasteiger charge is -2.06. The van der Waals surface area contributed by atoms with Crippen molar-refractivity contribution in [3.05, 3.63) is 28.6 Å². The van der Waals surface area contributed by atoms with Gasteiger partial charge >= 0.3 is 0 Å². The molecule has 3 nitrogen and oxygen atoms in total. The third-order valence-corrected chi connectivity index (χ3v) is 2.55. The molecule has 0 fully saturated rings. The van der Waals surface area contributed by atoms with Crippen LogP contribution in [0.5, 0.6) is 5.75 Å². The number of nitrogens with zero attached hydrogens (tertiary/aromatic N) is 2. The molecule has 4 heteroatoms. The SMILES string of the molecule is COc1cccc2nc(C)nc(Br)c12. The molecule has 2 aromatic rings. The quantitative estimate of drug-likeness (QED) is 0.733. The minimum absolute atomic E-state index is 0.748. The van der Waals surface area contributed by atoms with Gasteiger partial charge in [0.2, 0.25) is 0 Å². The Bertz CT molecular complexity index is 485. The van der Waals surface area contributed by atoms with Crippen LogP contribution in [0.25, 0.3) is 10.9 Å². The van der Waals surface area contributed by atoms with Crippen molar-refractivity contribution in [1.29, 1.82) is 0 Å². The zero-order valence-corrected chi connectivity index (χ0v) is 9.50. The van der Waals surface area contributed by atoms with E-state index in [0.717, 1.165) is 27.1 Å². The van der Waals surface area contributed by atoms with Crippen molar-refractivity contribution in [2.45, 2.75) is 6.92 Å². The Morgan fingerprint density at radius 1 is 1.29 bits per heavy atom. The van der Waals surface area contributed by atoms with Gasteiger partial charge in [-0.15, -0.1) is 0 Å². The van der Waals surface area contributed by atoms with Crippen molar-refractivity contribution in [3.8, 4) is 5.75 Å². The van der Waals surface area contributed by atoms with Gasteiger partial charge in [0.25, 0.3) is 0 Å². The maximum Gasteiger partial charge on any atom is 0.130 e. The molecule has 72 valence electrons. The molecule has 0 N–H and O–H groups in total. The topological polar surface area (TPSA) is 35.0 Å². The van der Waals surface area contributed by atoms with Crippen molar-refractivity contribution in [2.24, 2.45) is 0 Å². The Hall–Kier alpha value is -1.16.